The first kappa shape index (κ1) is 16.2. The van der Waals surface area contributed by atoms with Crippen LogP contribution >= 0.6 is 0 Å². The van der Waals surface area contributed by atoms with Crippen molar-refractivity contribution in [1.82, 2.24) is 4.90 Å². The van der Waals surface area contributed by atoms with Gasteiger partial charge in [-0.2, -0.15) is 0 Å². The minimum atomic E-state index is 0.598. The van der Waals surface area contributed by atoms with Crippen LogP contribution in [0.25, 0.3) is 0 Å². The number of benzene rings is 1. The molecular weight excluding hydrogens is 232 g/mol. The molecule has 1 aromatic rings. The molecule has 0 bridgehead atoms. The van der Waals surface area contributed by atoms with Crippen LogP contribution in [0, 0.1) is 12.8 Å². The van der Waals surface area contributed by atoms with E-state index in [1.54, 1.807) is 0 Å². The van der Waals surface area contributed by atoms with Crippen molar-refractivity contribution < 1.29 is 0 Å². The third-order valence-corrected chi connectivity index (χ3v) is 3.76. The van der Waals surface area contributed by atoms with Crippen molar-refractivity contribution in [2.24, 2.45) is 11.7 Å². The molecule has 0 aliphatic heterocycles. The lowest BCUT2D eigenvalue weighted by Crippen LogP contribution is -2.25. The van der Waals surface area contributed by atoms with E-state index in [0.29, 0.717) is 11.8 Å². The second-order valence-electron chi connectivity index (χ2n) is 6.22. The molecule has 0 radical (unpaired) electrons. The number of rotatable bonds is 7. The highest BCUT2D eigenvalue weighted by atomic mass is 15.1. The number of nitrogens with two attached hydrogens (primary N) is 1. The number of hydrogen-bond donors (Lipinski definition) is 1. The summed E-state index contributed by atoms with van der Waals surface area (Å²) >= 11 is 0. The lowest BCUT2D eigenvalue weighted by Gasteiger charge is -2.22. The van der Waals surface area contributed by atoms with Gasteiger partial charge in [-0.25, -0.2) is 0 Å². The predicted molar refractivity (Wildman–Crippen MR) is 84.4 cm³/mol. The van der Waals surface area contributed by atoms with E-state index in [0.717, 1.165) is 26.1 Å². The Bertz CT molecular complexity index is 385. The van der Waals surface area contributed by atoms with Gasteiger partial charge in [0.2, 0.25) is 0 Å². The summed E-state index contributed by atoms with van der Waals surface area (Å²) in [5.74, 6) is 1.27. The predicted octanol–water partition coefficient (Wildman–Crippen LogP) is 3.54. The van der Waals surface area contributed by atoms with E-state index in [4.69, 9.17) is 5.73 Å². The topological polar surface area (TPSA) is 29.3 Å². The normalized spacial score (nSPS) is 13.3. The average molecular weight is 262 g/mol. The van der Waals surface area contributed by atoms with Crippen molar-refractivity contribution >= 4 is 0 Å². The monoisotopic (exact) mass is 262 g/mol. The first-order valence-electron chi connectivity index (χ1n) is 7.42. The molecule has 2 heteroatoms. The van der Waals surface area contributed by atoms with E-state index in [2.05, 4.69) is 57.8 Å². The standard InChI is InChI=1S/C17H30N2/c1-13(2)16-7-6-15(4)17(10-16)12-19(5)11-14(3)8-9-18/h6-7,10,13-14H,8-9,11-12,18H2,1-5H3. The molecule has 2 N–H and O–H groups in total. The van der Waals surface area contributed by atoms with Crippen LogP contribution in [0.2, 0.25) is 0 Å². The van der Waals surface area contributed by atoms with Crippen molar-refractivity contribution in [3.05, 3.63) is 34.9 Å². The van der Waals surface area contributed by atoms with E-state index >= 15 is 0 Å². The second kappa shape index (κ2) is 7.66. The van der Waals surface area contributed by atoms with Gasteiger partial charge in [0.1, 0.15) is 0 Å². The summed E-state index contributed by atoms with van der Waals surface area (Å²) in [5.41, 5.74) is 9.89. The molecule has 0 aliphatic rings. The van der Waals surface area contributed by atoms with Crippen LogP contribution in [0.1, 0.15) is 49.8 Å². The Morgan fingerprint density at radius 3 is 2.47 bits per heavy atom. The van der Waals surface area contributed by atoms with Crippen LogP contribution in [-0.4, -0.2) is 25.0 Å². The summed E-state index contributed by atoms with van der Waals surface area (Å²) < 4.78 is 0. The van der Waals surface area contributed by atoms with Crippen molar-refractivity contribution in [1.29, 1.82) is 0 Å². The fourth-order valence-electron chi connectivity index (χ4n) is 2.48. The molecule has 2 nitrogen and oxygen atoms in total. The molecule has 0 aromatic heterocycles. The van der Waals surface area contributed by atoms with Gasteiger partial charge < -0.3 is 10.6 Å². The Morgan fingerprint density at radius 2 is 1.89 bits per heavy atom. The molecule has 1 aromatic carbocycles. The molecule has 0 heterocycles. The van der Waals surface area contributed by atoms with Gasteiger partial charge in [0.05, 0.1) is 0 Å². The van der Waals surface area contributed by atoms with Crippen LogP contribution in [0.15, 0.2) is 18.2 Å². The van der Waals surface area contributed by atoms with Gasteiger partial charge in [-0.05, 0) is 55.5 Å². The van der Waals surface area contributed by atoms with Crippen molar-refractivity contribution in [2.45, 2.75) is 46.6 Å². The molecule has 0 saturated carbocycles. The second-order valence-corrected chi connectivity index (χ2v) is 6.22. The molecule has 1 unspecified atom stereocenters. The summed E-state index contributed by atoms with van der Waals surface area (Å²) in [6.45, 7) is 11.9. The summed E-state index contributed by atoms with van der Waals surface area (Å²) in [7, 11) is 2.20. The zero-order valence-corrected chi connectivity index (χ0v) is 13.2. The third kappa shape index (κ3) is 5.33. The number of nitrogens with zero attached hydrogens (tertiary/aromatic N) is 1. The average Bonchev–Trinajstić information content (AvgIpc) is 2.31. The molecule has 0 fully saturated rings. The van der Waals surface area contributed by atoms with E-state index in [1.807, 2.05) is 0 Å². The fourth-order valence-corrected chi connectivity index (χ4v) is 2.48. The van der Waals surface area contributed by atoms with Crippen molar-refractivity contribution in [3.63, 3.8) is 0 Å². The Kier molecular flexibility index (Phi) is 6.53. The van der Waals surface area contributed by atoms with Crippen LogP contribution in [0.5, 0.6) is 0 Å². The largest absolute Gasteiger partial charge is 0.330 e. The Hall–Kier alpha value is -0.860. The number of aryl methyl sites for hydroxylation is 1. The third-order valence-electron chi connectivity index (χ3n) is 3.76. The highest BCUT2D eigenvalue weighted by Gasteiger charge is 2.09. The summed E-state index contributed by atoms with van der Waals surface area (Å²) in [6, 6.07) is 6.87. The zero-order chi connectivity index (χ0) is 14.4. The summed E-state index contributed by atoms with van der Waals surface area (Å²) in [4.78, 5) is 2.41. The molecule has 1 atom stereocenters. The lowest BCUT2D eigenvalue weighted by atomic mass is 9.97. The Balaban J connectivity index is 2.67. The maximum atomic E-state index is 5.62. The maximum Gasteiger partial charge on any atom is 0.0233 e. The SMILES string of the molecule is Cc1ccc(C(C)C)cc1CN(C)CC(C)CCN. The fraction of sp³-hybridized carbons (Fsp3) is 0.647. The minimum Gasteiger partial charge on any atom is -0.330 e. The smallest absolute Gasteiger partial charge is 0.0233 e. The zero-order valence-electron chi connectivity index (χ0n) is 13.2. The molecule has 0 aliphatic carbocycles. The van der Waals surface area contributed by atoms with Gasteiger partial charge in [-0.1, -0.05) is 39.0 Å². The van der Waals surface area contributed by atoms with Crippen molar-refractivity contribution in [2.75, 3.05) is 20.1 Å². The van der Waals surface area contributed by atoms with Gasteiger partial charge in [-0.15, -0.1) is 0 Å². The van der Waals surface area contributed by atoms with Gasteiger partial charge in [0.15, 0.2) is 0 Å². The van der Waals surface area contributed by atoms with Gasteiger partial charge in [0.25, 0.3) is 0 Å². The van der Waals surface area contributed by atoms with E-state index in [1.165, 1.54) is 16.7 Å². The van der Waals surface area contributed by atoms with Crippen LogP contribution in [-0.2, 0) is 6.54 Å². The van der Waals surface area contributed by atoms with Crippen LogP contribution < -0.4 is 5.73 Å². The van der Waals surface area contributed by atoms with Gasteiger partial charge in [-0.3, -0.25) is 0 Å². The molecular formula is C17H30N2. The highest BCUT2D eigenvalue weighted by Crippen LogP contribution is 2.20. The van der Waals surface area contributed by atoms with E-state index in [-0.39, 0.29) is 0 Å². The highest BCUT2D eigenvalue weighted by molar-refractivity contribution is 5.32. The minimum absolute atomic E-state index is 0.598. The molecule has 0 spiro atoms. The number of hydrogen-bond acceptors (Lipinski definition) is 2. The van der Waals surface area contributed by atoms with E-state index < -0.39 is 0 Å². The molecule has 0 saturated heterocycles. The first-order valence-corrected chi connectivity index (χ1v) is 7.42. The summed E-state index contributed by atoms with van der Waals surface area (Å²) in [6.07, 6.45) is 1.11. The maximum absolute atomic E-state index is 5.62. The first-order chi connectivity index (χ1) is 8.93. The quantitative estimate of drug-likeness (QED) is 0.814. The molecule has 19 heavy (non-hydrogen) atoms. The van der Waals surface area contributed by atoms with Crippen LogP contribution in [0.4, 0.5) is 0 Å². The van der Waals surface area contributed by atoms with Crippen molar-refractivity contribution in [3.8, 4) is 0 Å². The van der Waals surface area contributed by atoms with Gasteiger partial charge >= 0.3 is 0 Å². The summed E-state index contributed by atoms with van der Waals surface area (Å²) in [5, 5.41) is 0. The lowest BCUT2D eigenvalue weighted by molar-refractivity contribution is 0.272. The molecule has 108 valence electrons. The van der Waals surface area contributed by atoms with Crippen LogP contribution in [0.3, 0.4) is 0 Å². The Morgan fingerprint density at radius 1 is 1.21 bits per heavy atom. The Labute approximate surface area is 119 Å². The molecule has 1 rings (SSSR count). The molecule has 0 amide bonds. The van der Waals surface area contributed by atoms with Gasteiger partial charge in [0, 0.05) is 13.1 Å². The van der Waals surface area contributed by atoms with E-state index in [9.17, 15) is 0 Å².